The van der Waals surface area contributed by atoms with Crippen LogP contribution in [0.15, 0.2) is 21.3 Å². The van der Waals surface area contributed by atoms with Crippen LogP contribution < -0.4 is 0 Å². The summed E-state index contributed by atoms with van der Waals surface area (Å²) in [6.45, 7) is 3.78. The maximum atomic E-state index is 5.26. The van der Waals surface area contributed by atoms with Crippen LogP contribution in [0.4, 0.5) is 0 Å². The Morgan fingerprint density at radius 1 is 1.15 bits per heavy atom. The molecule has 0 radical (unpaired) electrons. The second-order valence-corrected chi connectivity index (χ2v) is 4.74. The van der Waals surface area contributed by atoms with Crippen molar-refractivity contribution in [3.05, 3.63) is 46.7 Å². The first-order valence-electron chi connectivity index (χ1n) is 6.33. The molecule has 0 aliphatic rings. The summed E-state index contributed by atoms with van der Waals surface area (Å²) in [7, 11) is 1.88. The zero-order chi connectivity index (χ0) is 14.1. The molecule has 0 bridgehead atoms. The standard InChI is InChI=1S/C13H15N5O2/c1-8-11(9(2)19-16-8)7-13-14-12(17-20-13)6-10-4-5-18(3)15-10/h4-5H,6-7H2,1-3H3. The molecule has 20 heavy (non-hydrogen) atoms. The molecule has 0 saturated heterocycles. The predicted octanol–water partition coefficient (Wildman–Crippen LogP) is 1.59. The van der Waals surface area contributed by atoms with Crippen LogP contribution in [0.3, 0.4) is 0 Å². The minimum atomic E-state index is 0.538. The average molecular weight is 273 g/mol. The average Bonchev–Trinajstić information content (AvgIpc) is 3.09. The van der Waals surface area contributed by atoms with Gasteiger partial charge in [-0.15, -0.1) is 0 Å². The predicted molar refractivity (Wildman–Crippen MR) is 69.1 cm³/mol. The molecule has 0 aromatic carbocycles. The number of aryl methyl sites for hydroxylation is 3. The van der Waals surface area contributed by atoms with Crippen LogP contribution in [0.5, 0.6) is 0 Å². The van der Waals surface area contributed by atoms with Gasteiger partial charge in [-0.3, -0.25) is 4.68 Å². The molecule has 3 aromatic rings. The van der Waals surface area contributed by atoms with Crippen molar-refractivity contribution in [1.82, 2.24) is 25.1 Å². The summed E-state index contributed by atoms with van der Waals surface area (Å²) in [4.78, 5) is 4.38. The molecule has 0 atom stereocenters. The molecule has 0 unspecified atom stereocenters. The molecule has 0 aliphatic carbocycles. The van der Waals surface area contributed by atoms with Gasteiger partial charge in [0, 0.05) is 18.8 Å². The van der Waals surface area contributed by atoms with Crippen LogP contribution in [-0.2, 0) is 19.9 Å². The lowest BCUT2D eigenvalue weighted by molar-refractivity contribution is 0.377. The van der Waals surface area contributed by atoms with Crippen LogP contribution >= 0.6 is 0 Å². The van der Waals surface area contributed by atoms with Gasteiger partial charge >= 0.3 is 0 Å². The van der Waals surface area contributed by atoms with E-state index in [1.165, 1.54) is 0 Å². The van der Waals surface area contributed by atoms with Crippen molar-refractivity contribution in [2.45, 2.75) is 26.7 Å². The highest BCUT2D eigenvalue weighted by atomic mass is 16.5. The van der Waals surface area contributed by atoms with Crippen LogP contribution in [-0.4, -0.2) is 25.1 Å². The Hall–Kier alpha value is -2.44. The fourth-order valence-electron chi connectivity index (χ4n) is 2.06. The highest BCUT2D eigenvalue weighted by Crippen LogP contribution is 2.16. The highest BCUT2D eigenvalue weighted by molar-refractivity contribution is 5.24. The lowest BCUT2D eigenvalue weighted by Crippen LogP contribution is -1.96. The monoisotopic (exact) mass is 273 g/mol. The maximum Gasteiger partial charge on any atom is 0.231 e. The third-order valence-corrected chi connectivity index (χ3v) is 3.13. The van der Waals surface area contributed by atoms with Crippen LogP contribution in [0, 0.1) is 13.8 Å². The van der Waals surface area contributed by atoms with E-state index in [2.05, 4.69) is 20.4 Å². The second-order valence-electron chi connectivity index (χ2n) is 4.74. The Bertz CT molecular complexity index is 705. The third kappa shape index (κ3) is 2.47. The largest absolute Gasteiger partial charge is 0.361 e. The number of hydrogen-bond donors (Lipinski definition) is 0. The van der Waals surface area contributed by atoms with E-state index in [0.717, 1.165) is 22.7 Å². The van der Waals surface area contributed by atoms with Crippen molar-refractivity contribution < 1.29 is 9.05 Å². The van der Waals surface area contributed by atoms with Gasteiger partial charge in [-0.05, 0) is 19.9 Å². The minimum Gasteiger partial charge on any atom is -0.361 e. The van der Waals surface area contributed by atoms with E-state index < -0.39 is 0 Å². The van der Waals surface area contributed by atoms with Crippen molar-refractivity contribution in [3.8, 4) is 0 Å². The number of hydrogen-bond acceptors (Lipinski definition) is 6. The maximum absolute atomic E-state index is 5.26. The lowest BCUT2D eigenvalue weighted by atomic mass is 10.1. The summed E-state index contributed by atoms with van der Waals surface area (Å²) in [5.41, 5.74) is 2.77. The van der Waals surface area contributed by atoms with Gasteiger partial charge in [0.15, 0.2) is 5.82 Å². The van der Waals surface area contributed by atoms with E-state index in [0.29, 0.717) is 24.6 Å². The second kappa shape index (κ2) is 4.92. The summed E-state index contributed by atoms with van der Waals surface area (Å²) in [6, 6.07) is 1.93. The molecule has 3 rings (SSSR count). The first-order chi connectivity index (χ1) is 9.61. The summed E-state index contributed by atoms with van der Waals surface area (Å²) in [5, 5.41) is 12.2. The van der Waals surface area contributed by atoms with E-state index >= 15 is 0 Å². The van der Waals surface area contributed by atoms with E-state index in [1.54, 1.807) is 4.68 Å². The molecule has 0 fully saturated rings. The van der Waals surface area contributed by atoms with E-state index in [4.69, 9.17) is 9.05 Å². The van der Waals surface area contributed by atoms with Crippen molar-refractivity contribution in [3.63, 3.8) is 0 Å². The smallest absolute Gasteiger partial charge is 0.231 e. The topological polar surface area (TPSA) is 82.8 Å². The molecule has 0 spiro atoms. The van der Waals surface area contributed by atoms with Gasteiger partial charge in [0.05, 0.1) is 24.2 Å². The van der Waals surface area contributed by atoms with E-state index in [1.807, 2.05) is 33.2 Å². The Morgan fingerprint density at radius 3 is 2.65 bits per heavy atom. The normalized spacial score (nSPS) is 11.2. The Kier molecular flexibility index (Phi) is 3.09. The van der Waals surface area contributed by atoms with Crippen molar-refractivity contribution in [2.75, 3.05) is 0 Å². The van der Waals surface area contributed by atoms with E-state index in [9.17, 15) is 0 Å². The molecule has 3 heterocycles. The molecule has 104 valence electrons. The van der Waals surface area contributed by atoms with Gasteiger partial charge in [-0.25, -0.2) is 0 Å². The van der Waals surface area contributed by atoms with Crippen molar-refractivity contribution >= 4 is 0 Å². The first-order valence-corrected chi connectivity index (χ1v) is 6.33. The Morgan fingerprint density at radius 2 is 2.00 bits per heavy atom. The molecule has 3 aromatic heterocycles. The minimum absolute atomic E-state index is 0.538. The van der Waals surface area contributed by atoms with Gasteiger partial charge in [-0.2, -0.15) is 10.1 Å². The quantitative estimate of drug-likeness (QED) is 0.717. The van der Waals surface area contributed by atoms with Gasteiger partial charge in [-0.1, -0.05) is 10.3 Å². The molecule has 0 aliphatic heterocycles. The van der Waals surface area contributed by atoms with Gasteiger partial charge in [0.25, 0.3) is 0 Å². The highest BCUT2D eigenvalue weighted by Gasteiger charge is 2.15. The summed E-state index contributed by atoms with van der Waals surface area (Å²) in [5.74, 6) is 1.97. The molecule has 7 nitrogen and oxygen atoms in total. The first kappa shape index (κ1) is 12.6. The summed E-state index contributed by atoms with van der Waals surface area (Å²) < 4.78 is 12.1. The van der Waals surface area contributed by atoms with Gasteiger partial charge in [0.1, 0.15) is 5.76 Å². The zero-order valence-corrected chi connectivity index (χ0v) is 11.6. The Balaban J connectivity index is 1.74. The molecular formula is C13H15N5O2. The van der Waals surface area contributed by atoms with Crippen LogP contribution in [0.25, 0.3) is 0 Å². The SMILES string of the molecule is Cc1noc(C)c1Cc1nc(Cc2ccn(C)n2)no1. The molecular weight excluding hydrogens is 258 g/mol. The van der Waals surface area contributed by atoms with Gasteiger partial charge in [0.2, 0.25) is 5.89 Å². The molecule has 7 heteroatoms. The summed E-state index contributed by atoms with van der Waals surface area (Å²) in [6.07, 6.45) is 2.99. The third-order valence-electron chi connectivity index (χ3n) is 3.13. The van der Waals surface area contributed by atoms with Crippen LogP contribution in [0.1, 0.15) is 34.4 Å². The fourth-order valence-corrected chi connectivity index (χ4v) is 2.06. The van der Waals surface area contributed by atoms with Gasteiger partial charge < -0.3 is 9.05 Å². The summed E-state index contributed by atoms with van der Waals surface area (Å²) >= 11 is 0. The lowest BCUT2D eigenvalue weighted by Gasteiger charge is -1.93. The zero-order valence-electron chi connectivity index (χ0n) is 11.6. The van der Waals surface area contributed by atoms with Crippen molar-refractivity contribution in [1.29, 1.82) is 0 Å². The Labute approximate surface area is 115 Å². The molecule has 0 amide bonds. The number of aromatic nitrogens is 5. The van der Waals surface area contributed by atoms with Crippen LogP contribution in [0.2, 0.25) is 0 Å². The van der Waals surface area contributed by atoms with Crippen molar-refractivity contribution in [2.24, 2.45) is 7.05 Å². The fraction of sp³-hybridized carbons (Fsp3) is 0.385. The molecule has 0 saturated carbocycles. The van der Waals surface area contributed by atoms with E-state index in [-0.39, 0.29) is 0 Å². The number of nitrogens with zero attached hydrogens (tertiary/aromatic N) is 5. The number of rotatable bonds is 4. The molecule has 0 N–H and O–H groups in total.